The zero-order valence-electron chi connectivity index (χ0n) is 17.6. The van der Waals surface area contributed by atoms with Crippen LogP contribution >= 0.6 is 0 Å². The second-order valence-corrected chi connectivity index (χ2v) is 8.19. The Morgan fingerprint density at radius 1 is 1.18 bits per heavy atom. The molecular formula is C22H17F3N8O. The summed E-state index contributed by atoms with van der Waals surface area (Å²) in [6.45, 7) is 0.619. The lowest BCUT2D eigenvalue weighted by Gasteiger charge is -2.35. The first kappa shape index (κ1) is 21.7. The molecule has 1 amide bonds. The van der Waals surface area contributed by atoms with Gasteiger partial charge in [0.25, 0.3) is 5.91 Å². The molecule has 5 rings (SSSR count). The summed E-state index contributed by atoms with van der Waals surface area (Å²) in [5, 5.41) is 13.3. The fourth-order valence-corrected chi connectivity index (χ4v) is 3.60. The second-order valence-electron chi connectivity index (χ2n) is 8.19. The molecule has 1 saturated heterocycles. The summed E-state index contributed by atoms with van der Waals surface area (Å²) in [6.07, 6.45) is 4.00. The Kier molecular flexibility index (Phi) is 5.31. The Morgan fingerprint density at radius 3 is 2.56 bits per heavy atom. The molecule has 0 unspecified atom stereocenters. The molecule has 0 N–H and O–H groups in total. The summed E-state index contributed by atoms with van der Waals surface area (Å²) in [7, 11) is 0. The predicted molar refractivity (Wildman–Crippen MR) is 112 cm³/mol. The molecule has 1 saturated carbocycles. The van der Waals surface area contributed by atoms with Crippen LogP contribution in [0.2, 0.25) is 0 Å². The van der Waals surface area contributed by atoms with Gasteiger partial charge in [0.05, 0.1) is 17.6 Å². The molecular weight excluding hydrogens is 449 g/mol. The third-order valence-electron chi connectivity index (χ3n) is 5.61. The maximum atomic E-state index is 13.4. The van der Waals surface area contributed by atoms with Crippen LogP contribution in [0.3, 0.4) is 0 Å². The highest BCUT2D eigenvalue weighted by molar-refractivity contribution is 6.23. The number of pyridine rings is 1. The number of rotatable bonds is 5. The molecule has 4 heterocycles. The third kappa shape index (κ3) is 4.36. The van der Waals surface area contributed by atoms with Gasteiger partial charge in [-0.15, -0.1) is 5.10 Å². The number of hydrogen-bond donors (Lipinski definition) is 0. The van der Waals surface area contributed by atoms with Gasteiger partial charge in [-0.1, -0.05) is 0 Å². The fraction of sp³-hybridized carbons (Fsp3) is 0.318. The van der Waals surface area contributed by atoms with E-state index in [2.05, 4.69) is 31.1 Å². The maximum absolute atomic E-state index is 13.4. The molecule has 3 aromatic rings. The Balaban J connectivity index is 1.49. The van der Waals surface area contributed by atoms with Gasteiger partial charge in [0.15, 0.2) is 5.82 Å². The van der Waals surface area contributed by atoms with Crippen molar-refractivity contribution in [3.8, 4) is 17.5 Å². The van der Waals surface area contributed by atoms with Gasteiger partial charge in [0.2, 0.25) is 0 Å². The van der Waals surface area contributed by atoms with E-state index in [4.69, 9.17) is 5.26 Å². The van der Waals surface area contributed by atoms with Crippen LogP contribution in [0.25, 0.3) is 23.2 Å². The highest BCUT2D eigenvalue weighted by Gasteiger charge is 2.36. The monoisotopic (exact) mass is 466 g/mol. The number of nitriles is 1. The second kappa shape index (κ2) is 8.33. The molecule has 3 aromatic heterocycles. The minimum absolute atomic E-state index is 0.0131. The lowest BCUT2D eigenvalue weighted by Crippen LogP contribution is -2.49. The predicted octanol–water partition coefficient (Wildman–Crippen LogP) is 3.01. The van der Waals surface area contributed by atoms with E-state index in [-0.39, 0.29) is 34.7 Å². The van der Waals surface area contributed by atoms with Crippen molar-refractivity contribution in [1.82, 2.24) is 34.6 Å². The third-order valence-corrected chi connectivity index (χ3v) is 5.61. The normalized spacial score (nSPS) is 16.8. The number of likely N-dealkylation sites (tertiary alicyclic amines) is 1. The first-order valence-corrected chi connectivity index (χ1v) is 10.5. The molecule has 34 heavy (non-hydrogen) atoms. The summed E-state index contributed by atoms with van der Waals surface area (Å²) < 4.78 is 41.4. The van der Waals surface area contributed by atoms with E-state index in [9.17, 15) is 18.0 Å². The standard InChI is InChI=1S/C22H17F3N8O/c23-22(24,25)19-4-15(3-18(30-19)14-1-2-14)20-29-12-33(31-20)10-17(16-6-27-11-28-7-16)21(34)32-8-13(5-26)9-32/h3-4,6-7,10-14H,1-2,8-9H2/b17-10+. The summed E-state index contributed by atoms with van der Waals surface area (Å²) in [4.78, 5) is 30.4. The van der Waals surface area contributed by atoms with Crippen LogP contribution in [0.15, 0.2) is 37.2 Å². The summed E-state index contributed by atoms with van der Waals surface area (Å²) in [5.74, 6) is -0.460. The highest BCUT2D eigenvalue weighted by atomic mass is 19.4. The van der Waals surface area contributed by atoms with Gasteiger partial charge in [0, 0.05) is 54.4 Å². The van der Waals surface area contributed by atoms with Crippen molar-refractivity contribution < 1.29 is 18.0 Å². The molecule has 12 heteroatoms. The number of carbonyl (C=O) groups is 1. The van der Waals surface area contributed by atoms with Gasteiger partial charge in [0.1, 0.15) is 18.3 Å². The smallest absolute Gasteiger partial charge is 0.336 e. The Hall–Kier alpha value is -4.14. The van der Waals surface area contributed by atoms with Crippen LogP contribution in [0.4, 0.5) is 13.2 Å². The molecule has 172 valence electrons. The van der Waals surface area contributed by atoms with Crippen molar-refractivity contribution in [1.29, 1.82) is 5.26 Å². The molecule has 0 bridgehead atoms. The average Bonchev–Trinajstić information content (AvgIpc) is 3.54. The van der Waals surface area contributed by atoms with Gasteiger partial charge >= 0.3 is 6.18 Å². The molecule has 9 nitrogen and oxygen atoms in total. The number of nitrogens with zero attached hydrogens (tertiary/aromatic N) is 8. The number of halogens is 3. The lowest BCUT2D eigenvalue weighted by atomic mass is 9.99. The highest BCUT2D eigenvalue weighted by Crippen LogP contribution is 2.41. The molecule has 1 aliphatic heterocycles. The van der Waals surface area contributed by atoms with E-state index in [1.807, 2.05) is 0 Å². The fourth-order valence-electron chi connectivity index (χ4n) is 3.60. The molecule has 0 radical (unpaired) electrons. The molecule has 1 aliphatic carbocycles. The van der Waals surface area contributed by atoms with E-state index in [1.54, 1.807) is 6.07 Å². The van der Waals surface area contributed by atoms with Crippen LogP contribution in [0.1, 0.15) is 35.7 Å². The van der Waals surface area contributed by atoms with Crippen molar-refractivity contribution in [3.63, 3.8) is 0 Å². The molecule has 0 atom stereocenters. The summed E-state index contributed by atoms with van der Waals surface area (Å²) in [5.41, 5.74) is 0.244. The van der Waals surface area contributed by atoms with Gasteiger partial charge in [-0.2, -0.15) is 18.4 Å². The van der Waals surface area contributed by atoms with E-state index in [0.29, 0.717) is 24.3 Å². The number of alkyl halides is 3. The van der Waals surface area contributed by atoms with Crippen LogP contribution in [-0.2, 0) is 11.0 Å². The van der Waals surface area contributed by atoms with E-state index < -0.39 is 11.9 Å². The Labute approximate surface area is 191 Å². The number of amides is 1. The van der Waals surface area contributed by atoms with Gasteiger partial charge in [-0.05, 0) is 25.0 Å². The molecule has 0 aromatic carbocycles. The Morgan fingerprint density at radius 2 is 1.91 bits per heavy atom. The first-order valence-electron chi connectivity index (χ1n) is 10.5. The molecule has 2 fully saturated rings. The van der Waals surface area contributed by atoms with Gasteiger partial charge in [-0.3, -0.25) is 4.79 Å². The first-order chi connectivity index (χ1) is 16.3. The Bertz CT molecular complexity index is 1300. The minimum Gasteiger partial charge on any atom is -0.336 e. The van der Waals surface area contributed by atoms with Crippen molar-refractivity contribution in [2.24, 2.45) is 5.92 Å². The summed E-state index contributed by atoms with van der Waals surface area (Å²) >= 11 is 0. The van der Waals surface area contributed by atoms with Crippen molar-refractivity contribution in [3.05, 3.63) is 54.1 Å². The molecule has 0 spiro atoms. The van der Waals surface area contributed by atoms with Crippen molar-refractivity contribution >= 4 is 17.7 Å². The summed E-state index contributed by atoms with van der Waals surface area (Å²) in [6, 6.07) is 4.62. The lowest BCUT2D eigenvalue weighted by molar-refractivity contribution is -0.141. The zero-order valence-corrected chi connectivity index (χ0v) is 17.6. The van der Waals surface area contributed by atoms with Crippen LogP contribution in [0.5, 0.6) is 0 Å². The minimum atomic E-state index is -4.59. The zero-order chi connectivity index (χ0) is 23.9. The van der Waals surface area contributed by atoms with Crippen LogP contribution < -0.4 is 0 Å². The van der Waals surface area contributed by atoms with Crippen LogP contribution in [0, 0.1) is 17.2 Å². The van der Waals surface area contributed by atoms with E-state index in [0.717, 1.165) is 18.9 Å². The maximum Gasteiger partial charge on any atom is 0.433 e. The van der Waals surface area contributed by atoms with Gasteiger partial charge in [-0.25, -0.2) is 24.6 Å². The van der Waals surface area contributed by atoms with E-state index in [1.165, 1.54) is 40.8 Å². The van der Waals surface area contributed by atoms with Crippen molar-refractivity contribution in [2.75, 3.05) is 13.1 Å². The number of hydrogen-bond acceptors (Lipinski definition) is 7. The topological polar surface area (TPSA) is 113 Å². The van der Waals surface area contributed by atoms with E-state index >= 15 is 0 Å². The quantitative estimate of drug-likeness (QED) is 0.531. The van der Waals surface area contributed by atoms with Gasteiger partial charge < -0.3 is 4.90 Å². The number of carbonyl (C=O) groups excluding carboxylic acids is 1. The van der Waals surface area contributed by atoms with Crippen molar-refractivity contribution in [2.45, 2.75) is 24.9 Å². The van der Waals surface area contributed by atoms with Crippen LogP contribution in [-0.4, -0.2) is 53.6 Å². The number of aromatic nitrogens is 6. The SMILES string of the molecule is N#CC1CN(C(=O)/C(=C/n2cnc(-c3cc(C4CC4)nc(C(F)(F)F)c3)n2)c2cncnc2)C1. The average molecular weight is 466 g/mol. The largest absolute Gasteiger partial charge is 0.433 e. The molecule has 2 aliphatic rings.